The molecular weight excluding hydrogens is 224 g/mol. The summed E-state index contributed by atoms with van der Waals surface area (Å²) in [4.78, 5) is 14.3. The fourth-order valence-corrected chi connectivity index (χ4v) is 2.46. The Hall–Kier alpha value is -1.61. The van der Waals surface area contributed by atoms with Gasteiger partial charge < -0.3 is 5.32 Å². The van der Waals surface area contributed by atoms with E-state index in [9.17, 15) is 4.79 Å². The molecule has 1 aliphatic rings. The highest BCUT2D eigenvalue weighted by atomic mass is 16.2. The second-order valence-corrected chi connectivity index (χ2v) is 5.07. The first-order valence-corrected chi connectivity index (χ1v) is 6.31. The molecule has 2 rings (SSSR count). The lowest BCUT2D eigenvalue weighted by atomic mass is 10.0. The van der Waals surface area contributed by atoms with Crippen LogP contribution < -0.4 is 5.32 Å². The molecule has 1 unspecified atom stereocenters. The van der Waals surface area contributed by atoms with Crippen molar-refractivity contribution in [3.8, 4) is 0 Å². The monoisotopic (exact) mass is 244 g/mol. The van der Waals surface area contributed by atoms with Gasteiger partial charge in [-0.2, -0.15) is 0 Å². The van der Waals surface area contributed by atoms with Crippen LogP contribution in [0.4, 0.5) is 5.69 Å². The van der Waals surface area contributed by atoms with Crippen molar-refractivity contribution in [3.05, 3.63) is 42.0 Å². The number of hydrogen-bond donors (Lipinski definition) is 1. The smallest absolute Gasteiger partial charge is 0.241 e. The highest BCUT2D eigenvalue weighted by Gasteiger charge is 2.26. The first kappa shape index (κ1) is 12.8. The molecule has 96 valence electrons. The van der Waals surface area contributed by atoms with Gasteiger partial charge in [0, 0.05) is 12.2 Å². The average molecular weight is 244 g/mol. The van der Waals surface area contributed by atoms with Gasteiger partial charge in [0.2, 0.25) is 5.91 Å². The number of carbonyl (C=O) groups excluding carboxylic acids is 1. The largest absolute Gasteiger partial charge is 0.324 e. The molecule has 0 spiro atoms. The van der Waals surface area contributed by atoms with E-state index in [-0.39, 0.29) is 11.9 Å². The summed E-state index contributed by atoms with van der Waals surface area (Å²) in [6.45, 7) is 6.65. The van der Waals surface area contributed by atoms with Crippen LogP contribution in [0.25, 0.3) is 0 Å². The molecule has 1 atom stereocenters. The number of likely N-dealkylation sites (N-methyl/N-ethyl adjacent to an activating group) is 1. The molecule has 0 saturated heterocycles. The van der Waals surface area contributed by atoms with Crippen molar-refractivity contribution in [1.82, 2.24) is 4.90 Å². The van der Waals surface area contributed by atoms with Crippen molar-refractivity contribution < 1.29 is 4.79 Å². The fraction of sp³-hybridized carbons (Fsp3) is 0.400. The number of benzene rings is 1. The SMILES string of the molecule is C=C(C)CN(C)C1CCc2ccccc2NC1=O. The Labute approximate surface area is 108 Å². The van der Waals surface area contributed by atoms with Crippen molar-refractivity contribution in [2.75, 3.05) is 18.9 Å². The Kier molecular flexibility index (Phi) is 3.82. The van der Waals surface area contributed by atoms with Crippen LogP contribution >= 0.6 is 0 Å². The van der Waals surface area contributed by atoms with E-state index in [0.29, 0.717) is 0 Å². The van der Waals surface area contributed by atoms with Gasteiger partial charge in [0.15, 0.2) is 0 Å². The van der Waals surface area contributed by atoms with Crippen LogP contribution in [0.1, 0.15) is 18.9 Å². The van der Waals surface area contributed by atoms with Gasteiger partial charge in [0.1, 0.15) is 0 Å². The molecule has 1 aromatic carbocycles. The number of hydrogen-bond acceptors (Lipinski definition) is 2. The fourth-order valence-electron chi connectivity index (χ4n) is 2.46. The van der Waals surface area contributed by atoms with E-state index in [1.54, 1.807) is 0 Å². The number of aryl methyl sites for hydroxylation is 1. The molecule has 3 heteroatoms. The quantitative estimate of drug-likeness (QED) is 0.828. The number of fused-ring (bicyclic) bond motifs is 1. The van der Waals surface area contributed by atoms with Crippen LogP contribution in [0, 0.1) is 0 Å². The van der Waals surface area contributed by atoms with Gasteiger partial charge in [-0.25, -0.2) is 0 Å². The number of rotatable bonds is 3. The van der Waals surface area contributed by atoms with Crippen molar-refractivity contribution in [1.29, 1.82) is 0 Å². The van der Waals surface area contributed by atoms with Crippen molar-refractivity contribution in [3.63, 3.8) is 0 Å². The Morgan fingerprint density at radius 3 is 2.94 bits per heavy atom. The first-order chi connectivity index (χ1) is 8.58. The topological polar surface area (TPSA) is 32.3 Å². The summed E-state index contributed by atoms with van der Waals surface area (Å²) in [6.07, 6.45) is 1.78. The van der Waals surface area contributed by atoms with Crippen LogP contribution in [0.2, 0.25) is 0 Å². The molecule has 18 heavy (non-hydrogen) atoms. The molecule has 1 heterocycles. The van der Waals surface area contributed by atoms with E-state index in [1.807, 2.05) is 32.2 Å². The van der Waals surface area contributed by atoms with E-state index < -0.39 is 0 Å². The third-order valence-electron chi connectivity index (χ3n) is 3.32. The van der Waals surface area contributed by atoms with E-state index in [4.69, 9.17) is 0 Å². The number of nitrogens with one attached hydrogen (secondary N) is 1. The number of anilines is 1. The van der Waals surface area contributed by atoms with Crippen LogP contribution in [0.15, 0.2) is 36.4 Å². The summed E-state index contributed by atoms with van der Waals surface area (Å²) < 4.78 is 0. The normalized spacial score (nSPS) is 19.1. The molecule has 1 N–H and O–H groups in total. The Morgan fingerprint density at radius 2 is 2.22 bits per heavy atom. The predicted octanol–water partition coefficient (Wildman–Crippen LogP) is 2.45. The number of para-hydroxylation sites is 1. The molecule has 0 radical (unpaired) electrons. The zero-order valence-corrected chi connectivity index (χ0v) is 11.1. The molecular formula is C15H20N2O. The lowest BCUT2D eigenvalue weighted by Gasteiger charge is -2.25. The predicted molar refractivity (Wildman–Crippen MR) is 74.6 cm³/mol. The summed E-state index contributed by atoms with van der Waals surface area (Å²) in [5.41, 5.74) is 3.25. The maximum absolute atomic E-state index is 12.2. The highest BCUT2D eigenvalue weighted by molar-refractivity contribution is 5.96. The van der Waals surface area contributed by atoms with E-state index in [2.05, 4.69) is 22.9 Å². The zero-order chi connectivity index (χ0) is 13.1. The minimum Gasteiger partial charge on any atom is -0.324 e. The van der Waals surface area contributed by atoms with Gasteiger partial charge in [-0.1, -0.05) is 30.4 Å². The van der Waals surface area contributed by atoms with Gasteiger partial charge in [-0.3, -0.25) is 9.69 Å². The molecule has 1 amide bonds. The van der Waals surface area contributed by atoms with E-state index in [0.717, 1.165) is 30.6 Å². The van der Waals surface area contributed by atoms with Crippen LogP contribution in [-0.2, 0) is 11.2 Å². The number of amides is 1. The van der Waals surface area contributed by atoms with E-state index in [1.165, 1.54) is 5.56 Å². The molecule has 1 aliphatic heterocycles. The number of carbonyl (C=O) groups is 1. The summed E-state index contributed by atoms with van der Waals surface area (Å²) in [5.74, 6) is 0.0868. The molecule has 0 bridgehead atoms. The van der Waals surface area contributed by atoms with Gasteiger partial charge >= 0.3 is 0 Å². The summed E-state index contributed by atoms with van der Waals surface area (Å²) >= 11 is 0. The maximum Gasteiger partial charge on any atom is 0.241 e. The second kappa shape index (κ2) is 5.36. The molecule has 0 saturated carbocycles. The Bertz CT molecular complexity index is 467. The summed E-state index contributed by atoms with van der Waals surface area (Å²) in [5, 5.41) is 3.02. The van der Waals surface area contributed by atoms with Gasteiger partial charge in [-0.15, -0.1) is 0 Å². The first-order valence-electron chi connectivity index (χ1n) is 6.31. The minimum absolute atomic E-state index is 0.0749. The molecule has 0 fully saturated rings. The summed E-state index contributed by atoms with van der Waals surface area (Å²) in [6, 6.07) is 7.94. The summed E-state index contributed by atoms with van der Waals surface area (Å²) in [7, 11) is 1.98. The lowest BCUT2D eigenvalue weighted by Crippen LogP contribution is -2.41. The Balaban J connectivity index is 2.14. The third kappa shape index (κ3) is 2.79. The molecule has 3 nitrogen and oxygen atoms in total. The van der Waals surface area contributed by atoms with Crippen molar-refractivity contribution >= 4 is 11.6 Å². The van der Waals surface area contributed by atoms with Gasteiger partial charge in [-0.05, 0) is 38.4 Å². The van der Waals surface area contributed by atoms with Crippen LogP contribution in [0.5, 0.6) is 0 Å². The van der Waals surface area contributed by atoms with Crippen LogP contribution in [-0.4, -0.2) is 30.4 Å². The second-order valence-electron chi connectivity index (χ2n) is 5.07. The van der Waals surface area contributed by atoms with Crippen LogP contribution in [0.3, 0.4) is 0 Å². The minimum atomic E-state index is -0.0749. The number of nitrogens with zero attached hydrogens (tertiary/aromatic N) is 1. The van der Waals surface area contributed by atoms with Crippen molar-refractivity contribution in [2.45, 2.75) is 25.8 Å². The Morgan fingerprint density at radius 1 is 1.50 bits per heavy atom. The van der Waals surface area contributed by atoms with Crippen molar-refractivity contribution in [2.24, 2.45) is 0 Å². The van der Waals surface area contributed by atoms with E-state index >= 15 is 0 Å². The molecule has 0 aromatic heterocycles. The lowest BCUT2D eigenvalue weighted by molar-refractivity contribution is -0.120. The molecule has 1 aromatic rings. The third-order valence-corrected chi connectivity index (χ3v) is 3.32. The maximum atomic E-state index is 12.2. The standard InChI is InChI=1S/C15H20N2O/c1-11(2)10-17(3)14-9-8-12-6-4-5-7-13(12)16-15(14)18/h4-7,14H,1,8-10H2,2-3H3,(H,16,18). The highest BCUT2D eigenvalue weighted by Crippen LogP contribution is 2.23. The zero-order valence-electron chi connectivity index (χ0n) is 11.1. The average Bonchev–Trinajstić information content (AvgIpc) is 2.46. The van der Waals surface area contributed by atoms with Gasteiger partial charge in [0.05, 0.1) is 6.04 Å². The van der Waals surface area contributed by atoms with Gasteiger partial charge in [0.25, 0.3) is 0 Å². The molecule has 0 aliphatic carbocycles.